The van der Waals surface area contributed by atoms with Crippen LogP contribution >= 0.6 is 0 Å². The molecule has 5 nitrogen and oxygen atoms in total. The predicted octanol–water partition coefficient (Wildman–Crippen LogP) is 2.12. The van der Waals surface area contributed by atoms with Crippen LogP contribution in [-0.4, -0.2) is 25.2 Å². The largest absolute Gasteiger partial charge is 0.488 e. The van der Waals surface area contributed by atoms with Gasteiger partial charge in [-0.05, 0) is 23.8 Å². The van der Waals surface area contributed by atoms with E-state index in [1.54, 1.807) is 6.26 Å². The zero-order valence-corrected chi connectivity index (χ0v) is 11.7. The Hall–Kier alpha value is -2.43. The van der Waals surface area contributed by atoms with Gasteiger partial charge in [0.05, 0.1) is 12.8 Å². The standard InChI is InChI=1S/C16H18N2O3/c19-16(17-8-7-13-5-3-9-20-13)18-11-14-10-12-4-1-2-6-15(12)21-14/h1-6,9,14H,7-8,10-11H2,(H2,17,18,19). The summed E-state index contributed by atoms with van der Waals surface area (Å²) in [5.74, 6) is 1.78. The van der Waals surface area contributed by atoms with E-state index >= 15 is 0 Å². The molecular formula is C16H18N2O3. The van der Waals surface area contributed by atoms with E-state index in [-0.39, 0.29) is 12.1 Å². The van der Waals surface area contributed by atoms with Crippen molar-refractivity contribution >= 4 is 6.03 Å². The van der Waals surface area contributed by atoms with E-state index in [0.717, 1.165) is 17.9 Å². The molecular weight excluding hydrogens is 268 g/mol. The summed E-state index contributed by atoms with van der Waals surface area (Å²) in [6, 6.07) is 11.5. The van der Waals surface area contributed by atoms with Gasteiger partial charge in [0.1, 0.15) is 17.6 Å². The number of hydrogen-bond donors (Lipinski definition) is 2. The molecule has 1 atom stereocenters. The maximum absolute atomic E-state index is 11.7. The zero-order valence-electron chi connectivity index (χ0n) is 11.7. The number of furan rings is 1. The topological polar surface area (TPSA) is 63.5 Å². The van der Waals surface area contributed by atoms with Gasteiger partial charge in [-0.2, -0.15) is 0 Å². The van der Waals surface area contributed by atoms with Crippen LogP contribution in [0.3, 0.4) is 0 Å². The number of fused-ring (bicyclic) bond motifs is 1. The first kappa shape index (κ1) is 13.5. The molecule has 2 heterocycles. The van der Waals surface area contributed by atoms with Gasteiger partial charge in [-0.3, -0.25) is 0 Å². The van der Waals surface area contributed by atoms with Crippen molar-refractivity contribution in [3.63, 3.8) is 0 Å². The average Bonchev–Trinajstić information content (AvgIpc) is 3.13. The molecule has 5 heteroatoms. The van der Waals surface area contributed by atoms with E-state index in [1.165, 1.54) is 5.56 Å². The van der Waals surface area contributed by atoms with Crippen LogP contribution in [0.25, 0.3) is 0 Å². The molecule has 1 aromatic carbocycles. The van der Waals surface area contributed by atoms with Crippen molar-refractivity contribution in [1.29, 1.82) is 0 Å². The fourth-order valence-corrected chi connectivity index (χ4v) is 2.39. The molecule has 0 saturated carbocycles. The van der Waals surface area contributed by atoms with E-state index in [0.29, 0.717) is 19.5 Å². The fraction of sp³-hybridized carbons (Fsp3) is 0.312. The van der Waals surface area contributed by atoms with Crippen molar-refractivity contribution in [2.45, 2.75) is 18.9 Å². The molecule has 0 spiro atoms. The molecule has 3 rings (SSSR count). The van der Waals surface area contributed by atoms with Gasteiger partial charge in [0.25, 0.3) is 0 Å². The number of benzene rings is 1. The summed E-state index contributed by atoms with van der Waals surface area (Å²) >= 11 is 0. The lowest BCUT2D eigenvalue weighted by atomic mass is 10.1. The van der Waals surface area contributed by atoms with Gasteiger partial charge >= 0.3 is 6.03 Å². The van der Waals surface area contributed by atoms with Crippen molar-refractivity contribution in [2.75, 3.05) is 13.1 Å². The van der Waals surface area contributed by atoms with Gasteiger partial charge in [0.2, 0.25) is 0 Å². The van der Waals surface area contributed by atoms with Gasteiger partial charge in [-0.25, -0.2) is 4.79 Å². The Balaban J connectivity index is 1.35. The number of carbonyl (C=O) groups is 1. The number of para-hydroxylation sites is 1. The van der Waals surface area contributed by atoms with Crippen LogP contribution in [0.2, 0.25) is 0 Å². The minimum Gasteiger partial charge on any atom is -0.488 e. The Morgan fingerprint density at radius 3 is 2.90 bits per heavy atom. The minimum atomic E-state index is -0.180. The SMILES string of the molecule is O=C(NCCc1ccco1)NCC1Cc2ccccc2O1. The summed E-state index contributed by atoms with van der Waals surface area (Å²) in [4.78, 5) is 11.7. The van der Waals surface area contributed by atoms with Crippen LogP contribution in [0.1, 0.15) is 11.3 Å². The number of ether oxygens (including phenoxy) is 1. The van der Waals surface area contributed by atoms with Crippen LogP contribution in [0.15, 0.2) is 47.1 Å². The second kappa shape index (κ2) is 6.35. The molecule has 0 saturated heterocycles. The first-order chi connectivity index (χ1) is 10.3. The van der Waals surface area contributed by atoms with Crippen LogP contribution in [0.4, 0.5) is 4.79 Å². The molecule has 0 radical (unpaired) electrons. The zero-order chi connectivity index (χ0) is 14.5. The number of amides is 2. The first-order valence-electron chi connectivity index (χ1n) is 7.10. The summed E-state index contributed by atoms with van der Waals surface area (Å²) in [5, 5.41) is 5.63. The molecule has 110 valence electrons. The maximum Gasteiger partial charge on any atom is 0.314 e. The third-order valence-corrected chi connectivity index (χ3v) is 3.44. The van der Waals surface area contributed by atoms with E-state index in [1.807, 2.05) is 30.3 Å². The second-order valence-corrected chi connectivity index (χ2v) is 5.02. The highest BCUT2D eigenvalue weighted by molar-refractivity contribution is 5.73. The van der Waals surface area contributed by atoms with E-state index in [9.17, 15) is 4.79 Å². The smallest absolute Gasteiger partial charge is 0.314 e. The molecule has 0 aliphatic carbocycles. The van der Waals surface area contributed by atoms with E-state index in [2.05, 4.69) is 16.7 Å². The first-order valence-corrected chi connectivity index (χ1v) is 7.10. The van der Waals surface area contributed by atoms with Crippen molar-refractivity contribution in [1.82, 2.24) is 10.6 Å². The molecule has 1 aliphatic rings. The third kappa shape index (κ3) is 3.56. The predicted molar refractivity (Wildman–Crippen MR) is 78.4 cm³/mol. The van der Waals surface area contributed by atoms with E-state index in [4.69, 9.17) is 9.15 Å². The number of rotatable bonds is 5. The third-order valence-electron chi connectivity index (χ3n) is 3.44. The van der Waals surface area contributed by atoms with Crippen LogP contribution < -0.4 is 15.4 Å². The van der Waals surface area contributed by atoms with Crippen LogP contribution in [0.5, 0.6) is 5.75 Å². The lowest BCUT2D eigenvalue weighted by Gasteiger charge is -2.12. The van der Waals surface area contributed by atoms with Crippen LogP contribution in [-0.2, 0) is 12.8 Å². The van der Waals surface area contributed by atoms with Crippen molar-refractivity contribution in [3.05, 3.63) is 54.0 Å². The van der Waals surface area contributed by atoms with E-state index < -0.39 is 0 Å². The number of hydrogen-bond acceptors (Lipinski definition) is 3. The molecule has 0 bridgehead atoms. The molecule has 2 amide bonds. The molecule has 2 N–H and O–H groups in total. The summed E-state index contributed by atoms with van der Waals surface area (Å²) in [6.07, 6.45) is 3.16. The molecule has 1 aliphatic heterocycles. The van der Waals surface area contributed by atoms with Crippen molar-refractivity contribution in [2.24, 2.45) is 0 Å². The fourth-order valence-electron chi connectivity index (χ4n) is 2.39. The molecule has 1 aromatic heterocycles. The summed E-state index contributed by atoms with van der Waals surface area (Å²) in [6.45, 7) is 1.05. The Morgan fingerprint density at radius 2 is 2.10 bits per heavy atom. The van der Waals surface area contributed by atoms with Crippen molar-refractivity contribution < 1.29 is 13.9 Å². The summed E-state index contributed by atoms with van der Waals surface area (Å²) in [7, 11) is 0. The van der Waals surface area contributed by atoms with Crippen LogP contribution in [0, 0.1) is 0 Å². The normalized spacial score (nSPS) is 16.1. The Bertz CT molecular complexity index is 570. The Kier molecular flexibility index (Phi) is 4.09. The highest BCUT2D eigenvalue weighted by Gasteiger charge is 2.22. The minimum absolute atomic E-state index is 0.0122. The number of carbonyl (C=O) groups excluding carboxylic acids is 1. The average molecular weight is 286 g/mol. The number of nitrogens with one attached hydrogen (secondary N) is 2. The van der Waals surface area contributed by atoms with Gasteiger partial charge in [-0.1, -0.05) is 18.2 Å². The summed E-state index contributed by atoms with van der Waals surface area (Å²) in [5.41, 5.74) is 1.20. The highest BCUT2D eigenvalue weighted by atomic mass is 16.5. The Labute approximate surface area is 123 Å². The highest BCUT2D eigenvalue weighted by Crippen LogP contribution is 2.27. The van der Waals surface area contributed by atoms with Gasteiger partial charge < -0.3 is 19.8 Å². The summed E-state index contributed by atoms with van der Waals surface area (Å²) < 4.78 is 11.0. The molecule has 0 fully saturated rings. The van der Waals surface area contributed by atoms with Gasteiger partial charge in [-0.15, -0.1) is 0 Å². The molecule has 2 aromatic rings. The maximum atomic E-state index is 11.7. The van der Waals surface area contributed by atoms with Crippen molar-refractivity contribution in [3.8, 4) is 5.75 Å². The second-order valence-electron chi connectivity index (χ2n) is 5.02. The molecule has 21 heavy (non-hydrogen) atoms. The van der Waals surface area contributed by atoms with Gasteiger partial charge in [0, 0.05) is 19.4 Å². The molecule has 1 unspecified atom stereocenters. The monoisotopic (exact) mass is 286 g/mol. The lowest BCUT2D eigenvalue weighted by Crippen LogP contribution is -2.41. The lowest BCUT2D eigenvalue weighted by molar-refractivity contribution is 0.214. The Morgan fingerprint density at radius 1 is 1.19 bits per heavy atom. The number of urea groups is 1. The van der Waals surface area contributed by atoms with Gasteiger partial charge in [0.15, 0.2) is 0 Å². The quantitative estimate of drug-likeness (QED) is 0.885.